The Morgan fingerprint density at radius 2 is 1.89 bits per heavy atom. The smallest absolute Gasteiger partial charge is 0.255 e. The van der Waals surface area contributed by atoms with Gasteiger partial charge in [0.1, 0.15) is 11.6 Å². The fourth-order valence-electron chi connectivity index (χ4n) is 3.06. The molecule has 6 nitrogen and oxygen atoms in total. The van der Waals surface area contributed by atoms with E-state index in [2.05, 4.69) is 15.6 Å². The van der Waals surface area contributed by atoms with Gasteiger partial charge in [0.2, 0.25) is 0 Å². The van der Waals surface area contributed by atoms with Gasteiger partial charge in [0, 0.05) is 32.4 Å². The summed E-state index contributed by atoms with van der Waals surface area (Å²) >= 11 is 6.24. The third-order valence-corrected chi connectivity index (χ3v) is 4.84. The standard InChI is InChI=1S/C20H22ClFN4O2/c21-16-12-14(20(28)26-10-4-1-5-11-26)13-25-18(16)23-8-9-24-19(27)15-6-2-3-7-17(15)22/h2-3,6-7,12-13H,1,4-5,8-11H2,(H,23,25)(H,24,27). The summed E-state index contributed by atoms with van der Waals surface area (Å²) in [5.74, 6) is -0.678. The second kappa shape index (κ2) is 9.50. The number of hydrogen-bond acceptors (Lipinski definition) is 4. The highest BCUT2D eigenvalue weighted by Crippen LogP contribution is 2.21. The summed E-state index contributed by atoms with van der Waals surface area (Å²) in [5, 5.41) is 5.97. The van der Waals surface area contributed by atoms with Crippen LogP contribution < -0.4 is 10.6 Å². The van der Waals surface area contributed by atoms with Crippen molar-refractivity contribution < 1.29 is 14.0 Å². The number of carbonyl (C=O) groups is 2. The molecule has 0 aliphatic carbocycles. The van der Waals surface area contributed by atoms with Gasteiger partial charge in [-0.25, -0.2) is 9.37 Å². The third kappa shape index (κ3) is 4.98. The van der Waals surface area contributed by atoms with Gasteiger partial charge in [-0.3, -0.25) is 9.59 Å². The monoisotopic (exact) mass is 404 g/mol. The second-order valence-electron chi connectivity index (χ2n) is 6.57. The van der Waals surface area contributed by atoms with E-state index in [1.165, 1.54) is 24.4 Å². The fourth-order valence-corrected chi connectivity index (χ4v) is 3.30. The topological polar surface area (TPSA) is 74.3 Å². The number of rotatable bonds is 6. The van der Waals surface area contributed by atoms with Gasteiger partial charge in [0.15, 0.2) is 0 Å². The number of hydrogen-bond donors (Lipinski definition) is 2. The fraction of sp³-hybridized carbons (Fsp3) is 0.350. The molecule has 0 spiro atoms. The van der Waals surface area contributed by atoms with E-state index in [4.69, 9.17) is 11.6 Å². The number of aromatic nitrogens is 1. The molecular weight excluding hydrogens is 383 g/mol. The van der Waals surface area contributed by atoms with Gasteiger partial charge in [-0.15, -0.1) is 0 Å². The molecule has 1 fully saturated rings. The highest BCUT2D eigenvalue weighted by atomic mass is 35.5. The predicted octanol–water partition coefficient (Wildman–Crippen LogP) is 3.34. The summed E-state index contributed by atoms with van der Waals surface area (Å²) in [4.78, 5) is 30.5. The summed E-state index contributed by atoms with van der Waals surface area (Å²) < 4.78 is 13.6. The third-order valence-electron chi connectivity index (χ3n) is 4.55. The van der Waals surface area contributed by atoms with Crippen LogP contribution >= 0.6 is 11.6 Å². The molecule has 2 heterocycles. The average molecular weight is 405 g/mol. The molecule has 1 aliphatic heterocycles. The van der Waals surface area contributed by atoms with Crippen LogP contribution in [-0.4, -0.2) is 47.9 Å². The first-order valence-electron chi connectivity index (χ1n) is 9.27. The molecule has 2 amide bonds. The van der Waals surface area contributed by atoms with Crippen LogP contribution in [0.2, 0.25) is 5.02 Å². The van der Waals surface area contributed by atoms with Crippen molar-refractivity contribution in [1.82, 2.24) is 15.2 Å². The summed E-state index contributed by atoms with van der Waals surface area (Å²) in [6, 6.07) is 7.40. The Bertz CT molecular complexity index is 856. The molecule has 0 radical (unpaired) electrons. The highest BCUT2D eigenvalue weighted by molar-refractivity contribution is 6.33. The largest absolute Gasteiger partial charge is 0.367 e. The molecule has 1 saturated heterocycles. The lowest BCUT2D eigenvalue weighted by Gasteiger charge is -2.26. The lowest BCUT2D eigenvalue weighted by atomic mass is 10.1. The Balaban J connectivity index is 1.50. The normalized spacial score (nSPS) is 13.9. The molecule has 0 bridgehead atoms. The number of pyridine rings is 1. The average Bonchev–Trinajstić information content (AvgIpc) is 2.72. The van der Waals surface area contributed by atoms with Gasteiger partial charge >= 0.3 is 0 Å². The van der Waals surface area contributed by atoms with E-state index in [-0.39, 0.29) is 18.0 Å². The summed E-state index contributed by atoms with van der Waals surface area (Å²) in [5.41, 5.74) is 0.463. The number of anilines is 1. The molecule has 1 aliphatic rings. The Labute approximate surface area is 168 Å². The minimum absolute atomic E-state index is 0.000708. The number of nitrogens with zero attached hydrogens (tertiary/aromatic N) is 2. The van der Waals surface area contributed by atoms with Gasteiger partial charge in [0.25, 0.3) is 11.8 Å². The summed E-state index contributed by atoms with van der Waals surface area (Å²) in [6.07, 6.45) is 4.69. The number of benzene rings is 1. The molecule has 1 aromatic heterocycles. The molecular formula is C20H22ClFN4O2. The Kier molecular flexibility index (Phi) is 6.81. The van der Waals surface area contributed by atoms with Gasteiger partial charge in [0.05, 0.1) is 16.1 Å². The molecule has 1 aromatic carbocycles. The SMILES string of the molecule is O=C(NCCNc1ncc(C(=O)N2CCCCC2)cc1Cl)c1ccccc1F. The maximum atomic E-state index is 13.6. The van der Waals surface area contributed by atoms with Crippen molar-refractivity contribution in [3.05, 3.63) is 58.5 Å². The molecule has 2 N–H and O–H groups in total. The Morgan fingerprint density at radius 1 is 1.14 bits per heavy atom. The quantitative estimate of drug-likeness (QED) is 0.724. The molecule has 8 heteroatoms. The number of amides is 2. The van der Waals surface area contributed by atoms with E-state index >= 15 is 0 Å². The zero-order valence-electron chi connectivity index (χ0n) is 15.4. The van der Waals surface area contributed by atoms with Crippen LogP contribution in [0.4, 0.5) is 10.2 Å². The van der Waals surface area contributed by atoms with Gasteiger partial charge in [-0.05, 0) is 37.5 Å². The van der Waals surface area contributed by atoms with Crippen LogP contribution in [0, 0.1) is 5.82 Å². The number of piperidine rings is 1. The maximum absolute atomic E-state index is 13.6. The van der Waals surface area contributed by atoms with Crippen molar-refractivity contribution in [2.45, 2.75) is 19.3 Å². The molecule has 2 aromatic rings. The molecule has 0 unspecified atom stereocenters. The summed E-state index contributed by atoms with van der Waals surface area (Å²) in [6.45, 7) is 2.14. The van der Waals surface area contributed by atoms with E-state index in [9.17, 15) is 14.0 Å². The minimum atomic E-state index is -0.563. The van der Waals surface area contributed by atoms with Crippen molar-refractivity contribution in [2.24, 2.45) is 0 Å². The van der Waals surface area contributed by atoms with Crippen molar-refractivity contribution in [3.63, 3.8) is 0 Å². The molecule has 3 rings (SSSR count). The van der Waals surface area contributed by atoms with E-state index in [1.54, 1.807) is 12.1 Å². The first kappa shape index (κ1) is 20.1. The van der Waals surface area contributed by atoms with E-state index in [1.807, 2.05) is 4.90 Å². The van der Waals surface area contributed by atoms with Crippen LogP contribution in [0.3, 0.4) is 0 Å². The lowest BCUT2D eigenvalue weighted by molar-refractivity contribution is 0.0723. The van der Waals surface area contributed by atoms with Gasteiger partial charge in [-0.2, -0.15) is 0 Å². The van der Waals surface area contributed by atoms with Crippen molar-refractivity contribution in [3.8, 4) is 0 Å². The molecule has 148 valence electrons. The number of carbonyl (C=O) groups excluding carboxylic acids is 2. The molecule has 28 heavy (non-hydrogen) atoms. The van der Waals surface area contributed by atoms with Crippen LogP contribution in [-0.2, 0) is 0 Å². The second-order valence-corrected chi connectivity index (χ2v) is 6.98. The zero-order valence-corrected chi connectivity index (χ0v) is 16.1. The summed E-state index contributed by atoms with van der Waals surface area (Å²) in [7, 11) is 0. The van der Waals surface area contributed by atoms with Crippen LogP contribution in [0.1, 0.15) is 40.0 Å². The van der Waals surface area contributed by atoms with Gasteiger partial charge < -0.3 is 15.5 Å². The predicted molar refractivity (Wildman–Crippen MR) is 106 cm³/mol. The number of nitrogens with one attached hydrogen (secondary N) is 2. The highest BCUT2D eigenvalue weighted by Gasteiger charge is 2.19. The Morgan fingerprint density at radius 3 is 2.61 bits per heavy atom. The van der Waals surface area contributed by atoms with E-state index in [0.717, 1.165) is 32.4 Å². The molecule has 0 saturated carbocycles. The first-order valence-corrected chi connectivity index (χ1v) is 9.65. The van der Waals surface area contributed by atoms with Crippen molar-refractivity contribution >= 4 is 29.2 Å². The van der Waals surface area contributed by atoms with E-state index < -0.39 is 11.7 Å². The lowest BCUT2D eigenvalue weighted by Crippen LogP contribution is -2.35. The Hall–Kier alpha value is -2.67. The minimum Gasteiger partial charge on any atom is -0.367 e. The van der Waals surface area contributed by atoms with Crippen molar-refractivity contribution in [1.29, 1.82) is 0 Å². The molecule has 0 atom stereocenters. The van der Waals surface area contributed by atoms with Gasteiger partial charge in [-0.1, -0.05) is 23.7 Å². The van der Waals surface area contributed by atoms with Crippen molar-refractivity contribution in [2.75, 3.05) is 31.5 Å². The van der Waals surface area contributed by atoms with Crippen LogP contribution in [0.25, 0.3) is 0 Å². The first-order chi connectivity index (χ1) is 13.6. The number of halogens is 2. The zero-order chi connectivity index (χ0) is 19.9. The van der Waals surface area contributed by atoms with E-state index in [0.29, 0.717) is 22.9 Å². The number of likely N-dealkylation sites (tertiary alicyclic amines) is 1. The van der Waals surface area contributed by atoms with Crippen LogP contribution in [0.15, 0.2) is 36.5 Å². The van der Waals surface area contributed by atoms with Crippen LogP contribution in [0.5, 0.6) is 0 Å². The maximum Gasteiger partial charge on any atom is 0.255 e.